The Balaban J connectivity index is 1.54. The summed E-state index contributed by atoms with van der Waals surface area (Å²) in [5.41, 5.74) is 17.0. The van der Waals surface area contributed by atoms with Gasteiger partial charge in [-0.05, 0) is 49.3 Å². The van der Waals surface area contributed by atoms with Gasteiger partial charge in [0, 0.05) is 25.6 Å². The zero-order valence-electron chi connectivity index (χ0n) is 20.0. The van der Waals surface area contributed by atoms with E-state index in [1.54, 1.807) is 0 Å². The lowest BCUT2D eigenvalue weighted by Gasteiger charge is -2.28. The molecule has 3 rings (SSSR count). The van der Waals surface area contributed by atoms with Crippen molar-refractivity contribution < 1.29 is 0 Å². The normalized spacial score (nSPS) is 21.0. The fourth-order valence-electron chi connectivity index (χ4n) is 4.73. The monoisotopic (exact) mass is 444 g/mol. The molecule has 1 saturated heterocycles. The van der Waals surface area contributed by atoms with Crippen molar-refractivity contribution in [1.29, 1.82) is 0 Å². The molecule has 3 unspecified atom stereocenters. The number of allylic oxidation sites excluding steroid dienone is 5. The highest BCUT2D eigenvalue weighted by atomic mass is 15.5. The number of rotatable bonds is 12. The Morgan fingerprint density at radius 2 is 1.73 bits per heavy atom. The minimum Gasteiger partial charge on any atom is -0.315 e. The zero-order valence-corrected chi connectivity index (χ0v) is 20.0. The first kappa shape index (κ1) is 25.1. The van der Waals surface area contributed by atoms with Gasteiger partial charge in [0.2, 0.25) is 0 Å². The van der Waals surface area contributed by atoms with Gasteiger partial charge >= 0.3 is 0 Å². The minimum atomic E-state index is -0.108. The van der Waals surface area contributed by atoms with Crippen LogP contribution in [0, 0.1) is 0 Å². The molecule has 176 valence electrons. The Morgan fingerprint density at radius 3 is 2.39 bits per heavy atom. The largest absolute Gasteiger partial charge is 0.315 e. The van der Waals surface area contributed by atoms with Crippen LogP contribution >= 0.6 is 0 Å². The Labute approximate surface area is 200 Å². The van der Waals surface area contributed by atoms with Crippen LogP contribution in [0.2, 0.25) is 0 Å². The molecule has 2 aromatic rings. The number of nitrogens with zero attached hydrogens (tertiary/aromatic N) is 2. The smallest absolute Gasteiger partial charge is 0.115 e. The molecule has 0 spiro atoms. The van der Waals surface area contributed by atoms with Gasteiger partial charge < -0.3 is 11.5 Å². The Hall–Kier alpha value is -2.50. The molecule has 4 N–H and O–H groups in total. The summed E-state index contributed by atoms with van der Waals surface area (Å²) in [7, 11) is 0. The molecular weight excluding hydrogens is 404 g/mol. The zero-order chi connectivity index (χ0) is 23.5. The van der Waals surface area contributed by atoms with E-state index in [1.165, 1.54) is 16.7 Å². The molecule has 1 aliphatic heterocycles. The van der Waals surface area contributed by atoms with Crippen molar-refractivity contribution in [3.63, 3.8) is 0 Å². The van der Waals surface area contributed by atoms with Gasteiger partial charge in [-0.2, -0.15) is 0 Å². The van der Waals surface area contributed by atoms with Crippen molar-refractivity contribution in [3.8, 4) is 0 Å². The lowest BCUT2D eigenvalue weighted by molar-refractivity contribution is 0.124. The average molecular weight is 445 g/mol. The van der Waals surface area contributed by atoms with E-state index < -0.39 is 0 Å². The van der Waals surface area contributed by atoms with E-state index in [4.69, 9.17) is 11.5 Å². The summed E-state index contributed by atoms with van der Waals surface area (Å²) in [4.78, 5) is 4.58. The van der Waals surface area contributed by atoms with Crippen LogP contribution in [0.4, 0.5) is 0 Å². The molecule has 0 bridgehead atoms. The van der Waals surface area contributed by atoms with E-state index in [-0.39, 0.29) is 12.5 Å². The van der Waals surface area contributed by atoms with Gasteiger partial charge in [-0.15, -0.1) is 0 Å². The molecule has 0 radical (unpaired) electrons. The number of hydrogen-bond acceptors (Lipinski definition) is 4. The molecule has 1 heterocycles. The summed E-state index contributed by atoms with van der Waals surface area (Å²) >= 11 is 0. The van der Waals surface area contributed by atoms with Gasteiger partial charge in [0.1, 0.15) is 6.29 Å². The molecule has 33 heavy (non-hydrogen) atoms. The summed E-state index contributed by atoms with van der Waals surface area (Å²) in [6, 6.07) is 21.3. The molecule has 0 amide bonds. The van der Waals surface area contributed by atoms with Crippen molar-refractivity contribution in [3.05, 3.63) is 108 Å². The molecule has 0 aliphatic carbocycles. The highest BCUT2D eigenvalue weighted by Gasteiger charge is 2.34. The van der Waals surface area contributed by atoms with E-state index >= 15 is 0 Å². The van der Waals surface area contributed by atoms with Crippen LogP contribution in [0.1, 0.15) is 43.2 Å². The summed E-state index contributed by atoms with van der Waals surface area (Å²) in [5.74, 6) is 0.328. The summed E-state index contributed by atoms with van der Waals surface area (Å²) in [5, 5.41) is 0. The van der Waals surface area contributed by atoms with Crippen LogP contribution in [0.15, 0.2) is 97.1 Å². The third-order valence-corrected chi connectivity index (χ3v) is 6.55. The molecule has 0 saturated carbocycles. The second kappa shape index (κ2) is 13.3. The predicted molar refractivity (Wildman–Crippen MR) is 141 cm³/mol. The van der Waals surface area contributed by atoms with Crippen molar-refractivity contribution in [1.82, 2.24) is 9.80 Å². The standard InChI is InChI=1S/C29H40N4/c1-3-5-17-25(4-2)27(26-18-10-7-11-19-26)20-13-21-32-23-28(30)33(29(32)31)22-12-16-24-14-8-6-9-15-24/h3-11,14-15,17-19,27-29H,2,12-13,16,20-23,30-31H2,1H3/b5-3-,25-17+. The Morgan fingerprint density at radius 1 is 1.03 bits per heavy atom. The second-order valence-electron chi connectivity index (χ2n) is 8.80. The van der Waals surface area contributed by atoms with Crippen LogP contribution in [0.3, 0.4) is 0 Å². The molecular formula is C29H40N4. The maximum atomic E-state index is 6.61. The fraction of sp³-hybridized carbons (Fsp3) is 0.379. The maximum Gasteiger partial charge on any atom is 0.115 e. The van der Waals surface area contributed by atoms with Gasteiger partial charge in [0.05, 0.1) is 6.17 Å². The van der Waals surface area contributed by atoms with Crippen LogP contribution < -0.4 is 11.5 Å². The van der Waals surface area contributed by atoms with Crippen LogP contribution in [-0.2, 0) is 6.42 Å². The quantitative estimate of drug-likeness (QED) is 0.452. The van der Waals surface area contributed by atoms with Crippen LogP contribution in [-0.4, -0.2) is 41.9 Å². The van der Waals surface area contributed by atoms with E-state index in [0.29, 0.717) is 5.92 Å². The molecule has 2 aromatic carbocycles. The fourth-order valence-corrected chi connectivity index (χ4v) is 4.73. The van der Waals surface area contributed by atoms with E-state index in [1.807, 2.05) is 13.0 Å². The van der Waals surface area contributed by atoms with Gasteiger partial charge in [0.15, 0.2) is 0 Å². The topological polar surface area (TPSA) is 58.5 Å². The first-order valence-electron chi connectivity index (χ1n) is 12.2. The van der Waals surface area contributed by atoms with E-state index in [9.17, 15) is 0 Å². The third kappa shape index (κ3) is 7.24. The Kier molecular flexibility index (Phi) is 10.1. The summed E-state index contributed by atoms with van der Waals surface area (Å²) < 4.78 is 0. The molecule has 3 atom stereocenters. The van der Waals surface area contributed by atoms with Gasteiger partial charge in [0.25, 0.3) is 0 Å². The number of nitrogens with two attached hydrogens (primary N) is 2. The summed E-state index contributed by atoms with van der Waals surface area (Å²) in [6.45, 7) is 8.81. The molecule has 4 nitrogen and oxygen atoms in total. The first-order valence-corrected chi connectivity index (χ1v) is 12.2. The van der Waals surface area contributed by atoms with Gasteiger partial charge in [-0.25, -0.2) is 0 Å². The van der Waals surface area contributed by atoms with E-state index in [0.717, 1.165) is 45.3 Å². The third-order valence-electron chi connectivity index (χ3n) is 6.55. The predicted octanol–water partition coefficient (Wildman–Crippen LogP) is 5.02. The van der Waals surface area contributed by atoms with E-state index in [2.05, 4.69) is 95.3 Å². The first-order chi connectivity index (χ1) is 16.1. The van der Waals surface area contributed by atoms with Crippen molar-refractivity contribution >= 4 is 0 Å². The Bertz CT molecular complexity index is 890. The van der Waals surface area contributed by atoms with Crippen LogP contribution in [0.25, 0.3) is 0 Å². The number of aryl methyl sites for hydroxylation is 1. The minimum absolute atomic E-state index is 0.000910. The lowest BCUT2D eigenvalue weighted by atomic mass is 9.86. The highest BCUT2D eigenvalue weighted by Crippen LogP contribution is 2.30. The molecule has 0 aromatic heterocycles. The van der Waals surface area contributed by atoms with Crippen molar-refractivity contribution in [2.75, 3.05) is 19.6 Å². The SMILES string of the molecule is C=C/C(=C\C=C/C)C(CCCN1CC(N)N(CCCc2ccccc2)C1N)c1ccccc1. The lowest BCUT2D eigenvalue weighted by Crippen LogP contribution is -2.49. The second-order valence-corrected chi connectivity index (χ2v) is 8.80. The average Bonchev–Trinajstić information content (AvgIpc) is 3.12. The van der Waals surface area contributed by atoms with Crippen molar-refractivity contribution in [2.45, 2.75) is 51.0 Å². The summed E-state index contributed by atoms with van der Waals surface area (Å²) in [6.07, 6.45) is 12.4. The number of hydrogen-bond donors (Lipinski definition) is 2. The highest BCUT2D eigenvalue weighted by molar-refractivity contribution is 5.36. The molecule has 4 heteroatoms. The van der Waals surface area contributed by atoms with Crippen LogP contribution in [0.5, 0.6) is 0 Å². The molecule has 1 fully saturated rings. The number of benzene rings is 2. The van der Waals surface area contributed by atoms with Gasteiger partial charge in [-0.3, -0.25) is 9.80 Å². The van der Waals surface area contributed by atoms with Gasteiger partial charge in [-0.1, -0.05) is 91.5 Å². The van der Waals surface area contributed by atoms with Crippen molar-refractivity contribution in [2.24, 2.45) is 11.5 Å². The molecule has 1 aliphatic rings. The maximum absolute atomic E-state index is 6.61.